The van der Waals surface area contributed by atoms with Gasteiger partial charge in [0.2, 0.25) is 5.91 Å². The molecular weight excluding hydrogens is 713 g/mol. The van der Waals surface area contributed by atoms with E-state index in [1.54, 1.807) is 0 Å². The summed E-state index contributed by atoms with van der Waals surface area (Å²) in [6.45, 7) is 3.88. The second-order valence-corrected chi connectivity index (χ2v) is 17.3. The van der Waals surface area contributed by atoms with E-state index in [0.29, 0.717) is 19.3 Å². The van der Waals surface area contributed by atoms with Crippen LogP contribution < -0.4 is 5.32 Å². The molecule has 0 aliphatic heterocycles. The highest BCUT2D eigenvalue weighted by atomic mass is 31.2. The van der Waals surface area contributed by atoms with Crippen LogP contribution in [0, 0.1) is 0 Å². The molecule has 1 amide bonds. The van der Waals surface area contributed by atoms with E-state index in [1.807, 2.05) is 0 Å². The van der Waals surface area contributed by atoms with Gasteiger partial charge in [0.25, 0.3) is 0 Å². The van der Waals surface area contributed by atoms with Crippen LogP contribution in [-0.2, 0) is 18.4 Å². The fraction of sp³-hybridized carbons (Fsp3) is 0.976. The predicted molar refractivity (Wildman–Crippen MR) is 214 cm³/mol. The molecule has 1 rings (SSSR count). The lowest BCUT2D eigenvalue weighted by Crippen LogP contribution is -2.64. The average molecular weight is 796 g/mol. The number of carbonyl (C=O) groups is 1. The minimum atomic E-state index is -5.04. The molecule has 0 aromatic carbocycles. The third kappa shape index (κ3) is 24.2. The molecule has 1 saturated carbocycles. The Balaban J connectivity index is 2.50. The Morgan fingerprint density at radius 3 is 1.28 bits per heavy atom. The van der Waals surface area contributed by atoms with Gasteiger partial charge in [0.15, 0.2) is 0 Å². The third-order valence-corrected chi connectivity index (χ3v) is 11.9. The van der Waals surface area contributed by atoms with Gasteiger partial charge in [-0.25, -0.2) is 4.57 Å². The molecule has 0 bridgehead atoms. The Bertz CT molecular complexity index is 931. The molecule has 54 heavy (non-hydrogen) atoms. The number of phosphoric acid groups is 1. The smallest absolute Gasteiger partial charge is 0.391 e. The first-order valence-electron chi connectivity index (χ1n) is 22.0. The van der Waals surface area contributed by atoms with E-state index >= 15 is 0 Å². The van der Waals surface area contributed by atoms with Crippen LogP contribution in [0.2, 0.25) is 0 Å². The molecule has 0 saturated heterocycles. The van der Waals surface area contributed by atoms with Crippen molar-refractivity contribution in [3.63, 3.8) is 0 Å². The number of hydrogen-bond acceptors (Lipinski definition) is 10. The largest absolute Gasteiger partial charge is 0.472 e. The van der Waals surface area contributed by atoms with Crippen molar-refractivity contribution < 1.29 is 53.9 Å². The topological polar surface area (TPSA) is 206 Å². The van der Waals surface area contributed by atoms with Gasteiger partial charge >= 0.3 is 7.82 Å². The summed E-state index contributed by atoms with van der Waals surface area (Å²) in [5.74, 6) is -0.307. The van der Waals surface area contributed by atoms with Gasteiger partial charge in [-0.15, -0.1) is 0 Å². The number of aliphatic hydroxyl groups is 6. The van der Waals surface area contributed by atoms with Crippen LogP contribution in [0.1, 0.15) is 200 Å². The molecule has 6 unspecified atom stereocenters. The lowest BCUT2D eigenvalue weighted by atomic mass is 9.85. The van der Waals surface area contributed by atoms with Crippen molar-refractivity contribution in [2.24, 2.45) is 0 Å². The zero-order valence-electron chi connectivity index (χ0n) is 34.0. The zero-order valence-corrected chi connectivity index (χ0v) is 34.9. The number of unbranched alkanes of at least 4 members (excludes halogenated alkanes) is 25. The van der Waals surface area contributed by atoms with Crippen molar-refractivity contribution >= 4 is 13.7 Å². The van der Waals surface area contributed by atoms with Gasteiger partial charge in [0.05, 0.1) is 18.8 Å². The number of amides is 1. The summed E-state index contributed by atoms with van der Waals surface area (Å²) in [5.41, 5.74) is 0. The van der Waals surface area contributed by atoms with Gasteiger partial charge in [-0.3, -0.25) is 13.8 Å². The predicted octanol–water partition coefficient (Wildman–Crippen LogP) is 7.51. The van der Waals surface area contributed by atoms with Crippen LogP contribution in [-0.4, -0.2) is 96.8 Å². The fourth-order valence-corrected chi connectivity index (χ4v) is 8.23. The van der Waals surface area contributed by atoms with E-state index in [9.17, 15) is 44.9 Å². The van der Waals surface area contributed by atoms with E-state index in [0.717, 1.165) is 38.5 Å². The summed E-state index contributed by atoms with van der Waals surface area (Å²) in [6, 6.07) is -1.02. The average Bonchev–Trinajstić information content (AvgIpc) is 3.15. The number of aliphatic hydroxyl groups excluding tert-OH is 6. The number of hydrogen-bond donors (Lipinski definition) is 8. The second-order valence-electron chi connectivity index (χ2n) is 15.9. The zero-order chi connectivity index (χ0) is 40.0. The van der Waals surface area contributed by atoms with Crippen LogP contribution in [0.3, 0.4) is 0 Å². The van der Waals surface area contributed by atoms with Crippen LogP contribution in [0.15, 0.2) is 0 Å². The van der Waals surface area contributed by atoms with Crippen LogP contribution in [0.5, 0.6) is 0 Å². The highest BCUT2D eigenvalue weighted by Gasteiger charge is 2.51. The van der Waals surface area contributed by atoms with Crippen LogP contribution >= 0.6 is 7.82 Å². The van der Waals surface area contributed by atoms with Gasteiger partial charge < -0.3 is 40.8 Å². The Morgan fingerprint density at radius 2 is 0.889 bits per heavy atom. The summed E-state index contributed by atoms with van der Waals surface area (Å²) in [6.07, 6.45) is 19.9. The summed E-state index contributed by atoms with van der Waals surface area (Å²) >= 11 is 0. The van der Waals surface area contributed by atoms with Crippen molar-refractivity contribution in [1.82, 2.24) is 5.32 Å². The first kappa shape index (κ1) is 51.4. The van der Waals surface area contributed by atoms with E-state index in [-0.39, 0.29) is 12.3 Å². The Morgan fingerprint density at radius 1 is 0.556 bits per heavy atom. The second kappa shape index (κ2) is 32.3. The molecule has 0 radical (unpaired) electrons. The van der Waals surface area contributed by atoms with Gasteiger partial charge in [0.1, 0.15) is 36.6 Å². The van der Waals surface area contributed by atoms with Crippen molar-refractivity contribution in [2.75, 3.05) is 6.61 Å². The molecule has 0 heterocycles. The summed E-state index contributed by atoms with van der Waals surface area (Å²) in [5, 5.41) is 64.0. The maximum absolute atomic E-state index is 12.9. The molecule has 8 N–H and O–H groups in total. The molecule has 13 heteroatoms. The fourth-order valence-electron chi connectivity index (χ4n) is 7.26. The molecular formula is C41H82NO11P. The molecule has 9 atom stereocenters. The van der Waals surface area contributed by atoms with Crippen molar-refractivity contribution in [3.05, 3.63) is 0 Å². The summed E-state index contributed by atoms with van der Waals surface area (Å²) in [7, 11) is -5.04. The molecule has 12 nitrogen and oxygen atoms in total. The van der Waals surface area contributed by atoms with Crippen molar-refractivity contribution in [3.8, 4) is 0 Å². The molecule has 1 aliphatic carbocycles. The summed E-state index contributed by atoms with van der Waals surface area (Å²) < 4.78 is 22.9. The monoisotopic (exact) mass is 796 g/mol. The first-order valence-corrected chi connectivity index (χ1v) is 23.5. The number of phosphoric ester groups is 1. The molecule has 0 aromatic rings. The van der Waals surface area contributed by atoms with Crippen LogP contribution in [0.4, 0.5) is 0 Å². The lowest BCUT2D eigenvalue weighted by Gasteiger charge is -2.41. The molecule has 0 spiro atoms. The third-order valence-electron chi connectivity index (χ3n) is 10.9. The van der Waals surface area contributed by atoms with Gasteiger partial charge in [-0.2, -0.15) is 0 Å². The minimum absolute atomic E-state index is 0.242. The maximum Gasteiger partial charge on any atom is 0.472 e. The molecule has 1 aliphatic rings. The maximum atomic E-state index is 12.9. The minimum Gasteiger partial charge on any atom is -0.391 e. The van der Waals surface area contributed by atoms with Crippen molar-refractivity contribution in [2.45, 2.75) is 249 Å². The number of rotatable bonds is 36. The Labute approximate surface area is 327 Å². The normalized spacial score (nSPS) is 23.9. The van der Waals surface area contributed by atoms with Gasteiger partial charge in [-0.05, 0) is 12.8 Å². The Hall–Kier alpha value is -0.660. The molecule has 0 aromatic heterocycles. The Kier molecular flexibility index (Phi) is 30.7. The summed E-state index contributed by atoms with van der Waals surface area (Å²) in [4.78, 5) is 23.3. The van der Waals surface area contributed by atoms with Crippen molar-refractivity contribution in [1.29, 1.82) is 0 Å². The highest BCUT2D eigenvalue weighted by molar-refractivity contribution is 7.47. The van der Waals surface area contributed by atoms with E-state index in [4.69, 9.17) is 9.05 Å². The van der Waals surface area contributed by atoms with E-state index in [1.165, 1.54) is 122 Å². The highest BCUT2D eigenvalue weighted by Crippen LogP contribution is 2.47. The van der Waals surface area contributed by atoms with Gasteiger partial charge in [-0.1, -0.05) is 181 Å². The number of carbonyl (C=O) groups excluding carboxylic acids is 1. The number of nitrogens with one attached hydrogen (secondary N) is 1. The molecule has 1 fully saturated rings. The van der Waals surface area contributed by atoms with Crippen LogP contribution in [0.25, 0.3) is 0 Å². The lowest BCUT2D eigenvalue weighted by molar-refractivity contribution is -0.220. The SMILES string of the molecule is CCCCCCCCCCCCCCCCC[C@@H](O)[C@H](COP(=O)(O)OC1C(O)C(O)C(O)[C@@H](O)C1O)NC(=O)CCCCCCCCCCCCCC. The first-order chi connectivity index (χ1) is 25.9. The standard InChI is InChI=1S/C41H82NO11P/c1-3-5-7-9-11-13-15-17-18-19-20-22-24-26-28-30-34(43)33(42-35(44)31-29-27-25-23-21-16-14-12-10-8-6-4-2)32-52-54(50,51)53-41-39(48)37(46)36(45)38(47)40(41)49/h33-34,36-41,43,45-49H,3-32H2,1-2H3,(H,42,44)(H,50,51)/t33-,34+,36?,37+,38?,39?,40?,41?/m0/s1. The molecule has 322 valence electrons. The van der Waals surface area contributed by atoms with Gasteiger partial charge in [0, 0.05) is 6.42 Å². The van der Waals surface area contributed by atoms with E-state index < -0.39 is 63.2 Å². The van der Waals surface area contributed by atoms with E-state index in [2.05, 4.69) is 19.2 Å². The quantitative estimate of drug-likeness (QED) is 0.0230.